The summed E-state index contributed by atoms with van der Waals surface area (Å²) in [5.41, 5.74) is 2.88. The van der Waals surface area contributed by atoms with Crippen LogP contribution in [0.25, 0.3) is 5.69 Å². The smallest absolute Gasteiger partial charge is 0.306 e. The lowest BCUT2D eigenvalue weighted by atomic mass is 10.2. The van der Waals surface area contributed by atoms with E-state index in [0.717, 1.165) is 21.3 Å². The molecule has 0 radical (unpaired) electrons. The van der Waals surface area contributed by atoms with Crippen LogP contribution in [-0.4, -0.2) is 40.2 Å². The number of carbonyl (C=O) groups is 2. The first kappa shape index (κ1) is 20.8. The number of likely N-dealkylation sites (N-methyl/N-ethyl adjacent to an activating group) is 1. The highest BCUT2D eigenvalue weighted by Gasteiger charge is 2.14. The highest BCUT2D eigenvalue weighted by atomic mass is 79.9. The van der Waals surface area contributed by atoms with Crippen molar-refractivity contribution in [1.29, 1.82) is 0 Å². The largest absolute Gasteiger partial charge is 0.456 e. The Labute approximate surface area is 178 Å². The van der Waals surface area contributed by atoms with Gasteiger partial charge in [-0.25, -0.2) is 4.68 Å². The zero-order chi connectivity index (χ0) is 20.6. The summed E-state index contributed by atoms with van der Waals surface area (Å²) in [6.45, 7) is 0.180. The molecule has 0 atom stereocenters. The monoisotopic (exact) mass is 455 g/mol. The van der Waals surface area contributed by atoms with Gasteiger partial charge in [0.2, 0.25) is 0 Å². The third-order valence-corrected chi connectivity index (χ3v) is 5.20. The third kappa shape index (κ3) is 6.02. The minimum atomic E-state index is -0.403. The van der Waals surface area contributed by atoms with Crippen molar-refractivity contribution >= 4 is 27.8 Å². The lowest BCUT2D eigenvalue weighted by Gasteiger charge is -2.18. The van der Waals surface area contributed by atoms with Crippen LogP contribution in [0.4, 0.5) is 0 Å². The maximum absolute atomic E-state index is 12.2. The zero-order valence-electron chi connectivity index (χ0n) is 16.1. The van der Waals surface area contributed by atoms with E-state index < -0.39 is 5.97 Å². The summed E-state index contributed by atoms with van der Waals surface area (Å²) >= 11 is 3.47. The van der Waals surface area contributed by atoms with Gasteiger partial charge in [-0.3, -0.25) is 9.59 Å². The molecule has 3 aromatic rings. The van der Waals surface area contributed by atoms with Gasteiger partial charge in [0.1, 0.15) is 0 Å². The minimum absolute atomic E-state index is 0.196. The number of rotatable bonds is 8. The Balaban J connectivity index is 1.42. The predicted molar refractivity (Wildman–Crippen MR) is 113 cm³/mol. The second kappa shape index (κ2) is 10.0. The number of benzene rings is 2. The molecule has 7 heteroatoms. The van der Waals surface area contributed by atoms with E-state index in [0.29, 0.717) is 13.0 Å². The van der Waals surface area contributed by atoms with Crippen molar-refractivity contribution in [2.75, 3.05) is 13.7 Å². The molecule has 1 aromatic heterocycles. The number of aryl methyl sites for hydroxylation is 1. The quantitative estimate of drug-likeness (QED) is 0.485. The second-order valence-corrected chi connectivity index (χ2v) is 7.48. The second-order valence-electron chi connectivity index (χ2n) is 6.63. The lowest BCUT2D eigenvalue weighted by Crippen LogP contribution is -2.31. The van der Waals surface area contributed by atoms with Gasteiger partial charge in [-0.1, -0.05) is 52.3 Å². The number of para-hydroxylation sites is 1. The Hall–Kier alpha value is -2.93. The van der Waals surface area contributed by atoms with Crippen molar-refractivity contribution in [1.82, 2.24) is 14.7 Å². The van der Waals surface area contributed by atoms with E-state index in [9.17, 15) is 9.59 Å². The van der Waals surface area contributed by atoms with Crippen LogP contribution < -0.4 is 0 Å². The summed E-state index contributed by atoms with van der Waals surface area (Å²) < 4.78 is 7.84. The average Bonchev–Trinajstić information content (AvgIpc) is 3.22. The number of ether oxygens (including phenoxy) is 1. The van der Waals surface area contributed by atoms with Gasteiger partial charge >= 0.3 is 5.97 Å². The lowest BCUT2D eigenvalue weighted by molar-refractivity contribution is -0.151. The number of carbonyl (C=O) groups excluding carboxylic acids is 2. The SMILES string of the molecule is CN(Cc1ccccc1Br)C(=O)COC(=O)CCc1cnn(-c2ccccc2)c1. The topological polar surface area (TPSA) is 64.4 Å². The molecule has 6 nitrogen and oxygen atoms in total. The van der Waals surface area contributed by atoms with Crippen LogP contribution >= 0.6 is 15.9 Å². The van der Waals surface area contributed by atoms with Crippen LogP contribution in [0.1, 0.15) is 17.5 Å². The fraction of sp³-hybridized carbons (Fsp3) is 0.227. The fourth-order valence-corrected chi connectivity index (χ4v) is 3.16. The molecule has 150 valence electrons. The van der Waals surface area contributed by atoms with Crippen LogP contribution in [0.2, 0.25) is 0 Å². The molecule has 1 heterocycles. The molecule has 0 bridgehead atoms. The first-order valence-corrected chi connectivity index (χ1v) is 10.0. The Kier molecular flexibility index (Phi) is 7.19. The minimum Gasteiger partial charge on any atom is -0.456 e. The standard InChI is InChI=1S/C22H22BrN3O3/c1-25(15-18-7-5-6-10-20(18)23)21(27)16-29-22(28)12-11-17-13-24-26(14-17)19-8-3-2-4-9-19/h2-10,13-14H,11-12,15-16H2,1H3. The number of halogens is 1. The molecule has 2 aromatic carbocycles. The average molecular weight is 456 g/mol. The van der Waals surface area contributed by atoms with E-state index >= 15 is 0 Å². The van der Waals surface area contributed by atoms with Gasteiger partial charge in [0.15, 0.2) is 6.61 Å². The Morgan fingerprint density at radius 3 is 2.59 bits per heavy atom. The Bertz CT molecular complexity index is 972. The molecule has 0 saturated heterocycles. The molecule has 0 spiro atoms. The number of hydrogen-bond donors (Lipinski definition) is 0. The van der Waals surface area contributed by atoms with Gasteiger partial charge in [0, 0.05) is 30.7 Å². The number of hydrogen-bond acceptors (Lipinski definition) is 4. The van der Waals surface area contributed by atoms with Crippen molar-refractivity contribution in [2.45, 2.75) is 19.4 Å². The summed E-state index contributed by atoms with van der Waals surface area (Å²) in [7, 11) is 1.69. The summed E-state index contributed by atoms with van der Waals surface area (Å²) in [4.78, 5) is 25.8. The zero-order valence-corrected chi connectivity index (χ0v) is 17.7. The molecule has 0 aliphatic heterocycles. The van der Waals surface area contributed by atoms with E-state index in [2.05, 4.69) is 21.0 Å². The summed E-state index contributed by atoms with van der Waals surface area (Å²) in [5.74, 6) is -0.647. The molecule has 0 fully saturated rings. The third-order valence-electron chi connectivity index (χ3n) is 4.42. The van der Waals surface area contributed by atoms with E-state index in [4.69, 9.17) is 4.74 Å². The molecule has 29 heavy (non-hydrogen) atoms. The van der Waals surface area contributed by atoms with E-state index in [1.165, 1.54) is 4.90 Å². The molecule has 0 aliphatic rings. The summed E-state index contributed by atoms with van der Waals surface area (Å²) in [5, 5.41) is 4.31. The molecular formula is C22H22BrN3O3. The van der Waals surface area contributed by atoms with Gasteiger partial charge in [-0.2, -0.15) is 5.10 Å². The summed E-state index contributed by atoms with van der Waals surface area (Å²) in [6, 6.07) is 17.4. The van der Waals surface area contributed by atoms with Crippen molar-refractivity contribution < 1.29 is 14.3 Å². The molecule has 0 saturated carbocycles. The molecule has 0 aliphatic carbocycles. The van der Waals surface area contributed by atoms with Crippen LogP contribution in [0.15, 0.2) is 71.5 Å². The van der Waals surface area contributed by atoms with Gasteiger partial charge < -0.3 is 9.64 Å². The first-order valence-electron chi connectivity index (χ1n) is 9.25. The van der Waals surface area contributed by atoms with Crippen LogP contribution in [-0.2, 0) is 27.3 Å². The first-order chi connectivity index (χ1) is 14.0. The number of nitrogens with zero attached hydrogens (tertiary/aromatic N) is 3. The van der Waals surface area contributed by atoms with Crippen molar-refractivity contribution in [2.24, 2.45) is 0 Å². The highest BCUT2D eigenvalue weighted by Crippen LogP contribution is 2.17. The van der Waals surface area contributed by atoms with Crippen LogP contribution in [0, 0.1) is 0 Å². The number of aromatic nitrogens is 2. The van der Waals surface area contributed by atoms with Crippen molar-refractivity contribution in [3.8, 4) is 5.69 Å². The highest BCUT2D eigenvalue weighted by molar-refractivity contribution is 9.10. The van der Waals surface area contributed by atoms with Crippen LogP contribution in [0.5, 0.6) is 0 Å². The summed E-state index contributed by atoms with van der Waals surface area (Å²) in [6.07, 6.45) is 4.32. The number of amides is 1. The molecule has 0 N–H and O–H groups in total. The molecule has 0 unspecified atom stereocenters. The fourth-order valence-electron chi connectivity index (χ4n) is 2.75. The molecule has 1 amide bonds. The van der Waals surface area contributed by atoms with Gasteiger partial charge in [-0.05, 0) is 35.7 Å². The Morgan fingerprint density at radius 1 is 1.10 bits per heavy atom. The normalized spacial score (nSPS) is 10.6. The van der Waals surface area contributed by atoms with Crippen molar-refractivity contribution in [3.05, 3.63) is 82.6 Å². The predicted octanol–water partition coefficient (Wildman–Crippen LogP) is 3.77. The van der Waals surface area contributed by atoms with E-state index in [1.54, 1.807) is 17.9 Å². The van der Waals surface area contributed by atoms with Crippen LogP contribution in [0.3, 0.4) is 0 Å². The maximum Gasteiger partial charge on any atom is 0.306 e. The molecular weight excluding hydrogens is 434 g/mol. The van der Waals surface area contributed by atoms with Gasteiger partial charge in [0.25, 0.3) is 5.91 Å². The maximum atomic E-state index is 12.2. The van der Waals surface area contributed by atoms with Gasteiger partial charge in [0.05, 0.1) is 11.9 Å². The van der Waals surface area contributed by atoms with E-state index in [-0.39, 0.29) is 18.9 Å². The van der Waals surface area contributed by atoms with E-state index in [1.807, 2.05) is 60.8 Å². The number of esters is 1. The molecule has 3 rings (SSSR count). The Morgan fingerprint density at radius 2 is 1.83 bits per heavy atom. The van der Waals surface area contributed by atoms with Crippen molar-refractivity contribution in [3.63, 3.8) is 0 Å². The van der Waals surface area contributed by atoms with Gasteiger partial charge in [-0.15, -0.1) is 0 Å².